The van der Waals surface area contributed by atoms with Crippen molar-refractivity contribution in [1.29, 1.82) is 0 Å². The lowest BCUT2D eigenvalue weighted by molar-refractivity contribution is -0.119. The number of hydrogen-bond donors (Lipinski definition) is 1. The maximum Gasteiger partial charge on any atom is 0.230 e. The van der Waals surface area contributed by atoms with Gasteiger partial charge in [-0.25, -0.2) is 8.42 Å². The third kappa shape index (κ3) is 4.37. The smallest absolute Gasteiger partial charge is 0.230 e. The fourth-order valence-corrected chi connectivity index (χ4v) is 5.37. The van der Waals surface area contributed by atoms with Gasteiger partial charge in [-0.2, -0.15) is 0 Å². The van der Waals surface area contributed by atoms with E-state index in [2.05, 4.69) is 5.32 Å². The molecule has 2 aromatic rings. The number of sulfone groups is 1. The second kappa shape index (κ2) is 8.11. The Bertz CT molecular complexity index is 1150. The zero-order valence-electron chi connectivity index (χ0n) is 18.1. The van der Waals surface area contributed by atoms with E-state index in [9.17, 15) is 18.0 Å². The second-order valence-corrected chi connectivity index (χ2v) is 11.1. The molecule has 4 rings (SSSR count). The Labute approximate surface area is 183 Å². The minimum absolute atomic E-state index is 0.126. The molecule has 1 heterocycles. The molecule has 31 heavy (non-hydrogen) atoms. The highest BCUT2D eigenvalue weighted by Crippen LogP contribution is 2.37. The highest BCUT2D eigenvalue weighted by atomic mass is 32.2. The van der Waals surface area contributed by atoms with Gasteiger partial charge in [0.05, 0.1) is 10.1 Å². The van der Waals surface area contributed by atoms with Crippen molar-refractivity contribution in [2.75, 3.05) is 16.8 Å². The van der Waals surface area contributed by atoms with E-state index in [0.717, 1.165) is 35.2 Å². The van der Waals surface area contributed by atoms with Crippen LogP contribution < -0.4 is 10.2 Å². The third-order valence-corrected chi connectivity index (χ3v) is 8.40. The van der Waals surface area contributed by atoms with Crippen molar-refractivity contribution in [2.24, 2.45) is 5.92 Å². The van der Waals surface area contributed by atoms with E-state index >= 15 is 0 Å². The van der Waals surface area contributed by atoms with Crippen LogP contribution in [0.1, 0.15) is 42.9 Å². The van der Waals surface area contributed by atoms with Gasteiger partial charge >= 0.3 is 0 Å². The monoisotopic (exact) mass is 440 g/mol. The first kappa shape index (κ1) is 21.6. The average molecular weight is 441 g/mol. The molecular formula is C24H28N2O4S. The summed E-state index contributed by atoms with van der Waals surface area (Å²) in [6.45, 7) is 6.12. The van der Waals surface area contributed by atoms with Gasteiger partial charge in [0.1, 0.15) is 0 Å². The van der Waals surface area contributed by atoms with E-state index in [1.165, 1.54) is 0 Å². The molecule has 164 valence electrons. The summed E-state index contributed by atoms with van der Waals surface area (Å²) in [4.78, 5) is 26.9. The number of fused-ring (bicyclic) bond motifs is 1. The summed E-state index contributed by atoms with van der Waals surface area (Å²) in [5.74, 6) is -0.0577. The van der Waals surface area contributed by atoms with E-state index in [1.54, 1.807) is 30.0 Å². The number of nitrogens with zero attached hydrogens (tertiary/aromatic N) is 1. The van der Waals surface area contributed by atoms with Crippen LogP contribution >= 0.6 is 0 Å². The Kier molecular flexibility index (Phi) is 5.64. The summed E-state index contributed by atoms with van der Waals surface area (Å²) in [5.41, 5.74) is 4.54. The minimum atomic E-state index is -3.67. The Morgan fingerprint density at radius 1 is 1.10 bits per heavy atom. The molecule has 7 heteroatoms. The Balaban J connectivity index is 1.45. The zero-order chi connectivity index (χ0) is 22.3. The van der Waals surface area contributed by atoms with Gasteiger partial charge in [0.25, 0.3) is 0 Å². The van der Waals surface area contributed by atoms with Gasteiger partial charge in [-0.3, -0.25) is 9.59 Å². The Morgan fingerprint density at radius 2 is 1.84 bits per heavy atom. The van der Waals surface area contributed by atoms with Crippen molar-refractivity contribution in [1.82, 2.24) is 0 Å². The van der Waals surface area contributed by atoms with Crippen LogP contribution in [0.25, 0.3) is 0 Å². The normalized spacial score (nSPS) is 16.7. The summed E-state index contributed by atoms with van der Waals surface area (Å²) < 4.78 is 26.2. The van der Waals surface area contributed by atoms with E-state index in [-0.39, 0.29) is 29.0 Å². The lowest BCUT2D eigenvalue weighted by Gasteiger charge is -2.18. The molecule has 2 aliphatic rings. The molecule has 1 N–H and O–H groups in total. The summed E-state index contributed by atoms with van der Waals surface area (Å²) in [6, 6.07) is 10.6. The number of aryl methyl sites for hydroxylation is 2. The predicted molar refractivity (Wildman–Crippen MR) is 121 cm³/mol. The summed E-state index contributed by atoms with van der Waals surface area (Å²) in [5, 5.41) is 1.93. The molecule has 0 bridgehead atoms. The van der Waals surface area contributed by atoms with Crippen LogP contribution in [0.2, 0.25) is 0 Å². The van der Waals surface area contributed by atoms with Crippen molar-refractivity contribution >= 4 is 33.0 Å². The number of anilines is 2. The molecule has 0 unspecified atom stereocenters. The molecule has 1 aliphatic heterocycles. The van der Waals surface area contributed by atoms with Crippen molar-refractivity contribution in [3.63, 3.8) is 0 Å². The van der Waals surface area contributed by atoms with Crippen LogP contribution in [0, 0.1) is 19.8 Å². The van der Waals surface area contributed by atoms with Crippen molar-refractivity contribution < 1.29 is 18.0 Å². The van der Waals surface area contributed by atoms with E-state index < -0.39 is 15.1 Å². The predicted octanol–water partition coefficient (Wildman–Crippen LogP) is 3.79. The van der Waals surface area contributed by atoms with Crippen LogP contribution in [0.15, 0.2) is 41.3 Å². The molecule has 1 atom stereocenters. The second-order valence-electron chi connectivity index (χ2n) is 8.71. The molecule has 6 nitrogen and oxygen atoms in total. The number of carbonyl (C=O) groups excluding carboxylic acids is 2. The van der Waals surface area contributed by atoms with E-state index in [0.29, 0.717) is 18.7 Å². The largest absolute Gasteiger partial charge is 0.326 e. The van der Waals surface area contributed by atoms with E-state index in [4.69, 9.17) is 0 Å². The van der Waals surface area contributed by atoms with Gasteiger partial charge in [-0.15, -0.1) is 0 Å². The number of nitrogens with one attached hydrogen (secondary N) is 1. The molecule has 0 saturated heterocycles. The van der Waals surface area contributed by atoms with Crippen LogP contribution in [0.4, 0.5) is 11.4 Å². The van der Waals surface area contributed by atoms with Crippen molar-refractivity contribution in [3.8, 4) is 0 Å². The molecule has 1 fully saturated rings. The number of benzene rings is 2. The van der Waals surface area contributed by atoms with Gasteiger partial charge in [0.15, 0.2) is 9.84 Å². The maximum atomic E-state index is 13.1. The van der Waals surface area contributed by atoms with Crippen LogP contribution in [-0.2, 0) is 25.8 Å². The lowest BCUT2D eigenvalue weighted by Crippen LogP contribution is -2.30. The number of amides is 2. The SMILES string of the molecule is Cc1ccc(NC(=O)C[C@H](C)S(=O)(=O)c2ccc3c(c2)CCN3C(=O)C2CC2)cc1C. The third-order valence-electron chi connectivity index (χ3n) is 6.26. The average Bonchev–Trinajstić information content (AvgIpc) is 3.49. The molecule has 0 radical (unpaired) electrons. The fraction of sp³-hybridized carbons (Fsp3) is 0.417. The quantitative estimate of drug-likeness (QED) is 0.741. The van der Waals surface area contributed by atoms with Gasteiger partial charge in [-0.1, -0.05) is 6.07 Å². The minimum Gasteiger partial charge on any atom is -0.326 e. The van der Waals surface area contributed by atoms with Crippen LogP contribution in [-0.4, -0.2) is 32.0 Å². The topological polar surface area (TPSA) is 83.6 Å². The highest BCUT2D eigenvalue weighted by Gasteiger charge is 2.37. The van der Waals surface area contributed by atoms with E-state index in [1.807, 2.05) is 32.0 Å². The Morgan fingerprint density at radius 3 is 2.52 bits per heavy atom. The molecule has 2 aromatic carbocycles. The lowest BCUT2D eigenvalue weighted by atomic mass is 10.1. The summed E-state index contributed by atoms with van der Waals surface area (Å²) >= 11 is 0. The summed E-state index contributed by atoms with van der Waals surface area (Å²) in [7, 11) is -3.67. The standard InChI is InChI=1S/C24H28N2O4S/c1-15-4-7-20(12-16(15)2)25-23(27)13-17(3)31(29,30)21-8-9-22-19(14-21)10-11-26(22)24(28)18-5-6-18/h4,7-9,12,14,17-18H,5-6,10-11,13H2,1-3H3,(H,25,27)/t17-/m0/s1. The van der Waals surface area contributed by atoms with Gasteiger partial charge in [0.2, 0.25) is 11.8 Å². The fourth-order valence-electron chi connectivity index (χ4n) is 3.97. The van der Waals surface area contributed by atoms with Crippen molar-refractivity contribution in [2.45, 2.75) is 56.6 Å². The van der Waals surface area contributed by atoms with Gasteiger partial charge in [0, 0.05) is 30.3 Å². The molecule has 0 spiro atoms. The van der Waals surface area contributed by atoms with Crippen LogP contribution in [0.5, 0.6) is 0 Å². The molecule has 2 amide bonds. The Hall–Kier alpha value is -2.67. The number of rotatable bonds is 6. The first-order valence-electron chi connectivity index (χ1n) is 10.7. The first-order valence-corrected chi connectivity index (χ1v) is 12.3. The number of carbonyl (C=O) groups is 2. The maximum absolute atomic E-state index is 13.1. The van der Waals surface area contributed by atoms with Gasteiger partial charge in [-0.05, 0) is 87.1 Å². The van der Waals surface area contributed by atoms with Crippen LogP contribution in [0.3, 0.4) is 0 Å². The van der Waals surface area contributed by atoms with Crippen molar-refractivity contribution in [3.05, 3.63) is 53.1 Å². The highest BCUT2D eigenvalue weighted by molar-refractivity contribution is 7.92. The zero-order valence-corrected chi connectivity index (χ0v) is 19.0. The molecule has 1 aliphatic carbocycles. The summed E-state index contributed by atoms with van der Waals surface area (Å²) in [6.07, 6.45) is 2.41. The molecular weight excluding hydrogens is 412 g/mol. The first-order chi connectivity index (χ1) is 14.7. The number of hydrogen-bond acceptors (Lipinski definition) is 4. The molecule has 1 saturated carbocycles. The van der Waals surface area contributed by atoms with Gasteiger partial charge < -0.3 is 10.2 Å². The molecule has 0 aromatic heterocycles.